The van der Waals surface area contributed by atoms with Crippen LogP contribution in [0.5, 0.6) is 0 Å². The number of nitrogens with zero attached hydrogens (tertiary/aromatic N) is 1. The molecule has 0 radical (unpaired) electrons. The molecule has 0 bridgehead atoms. The molecule has 1 heterocycles. The van der Waals surface area contributed by atoms with E-state index < -0.39 is 0 Å². The van der Waals surface area contributed by atoms with Crippen LogP contribution in [0.3, 0.4) is 0 Å². The first-order valence-electron chi connectivity index (χ1n) is 5.02. The predicted octanol–water partition coefficient (Wildman–Crippen LogP) is 2.47. The maximum absolute atomic E-state index is 9.49. The van der Waals surface area contributed by atoms with Gasteiger partial charge in [0.05, 0.1) is 18.2 Å². The Bertz CT molecular complexity index is 433. The Hall–Kier alpha value is -1.05. The quantitative estimate of drug-likeness (QED) is 0.717. The summed E-state index contributed by atoms with van der Waals surface area (Å²) < 4.78 is 0. The smallest absolute Gasteiger partial charge is 0.224 e. The summed E-state index contributed by atoms with van der Waals surface area (Å²) in [4.78, 5) is 4.71. The minimum absolute atomic E-state index is 0.0959. The minimum atomic E-state index is -0.262. The maximum Gasteiger partial charge on any atom is 0.224 e. The second-order valence-corrected chi connectivity index (χ2v) is 5.43. The van der Waals surface area contributed by atoms with E-state index in [2.05, 4.69) is 4.85 Å². The van der Waals surface area contributed by atoms with E-state index in [-0.39, 0.29) is 12.0 Å². The molecule has 15 heavy (non-hydrogen) atoms. The summed E-state index contributed by atoms with van der Waals surface area (Å²) in [5.74, 6) is 0. The normalized spacial score (nSPS) is 24.6. The molecule has 0 unspecified atom stereocenters. The number of aryl methyl sites for hydroxylation is 1. The number of aliphatic hydroxyl groups is 1. The topological polar surface area (TPSA) is 50.6 Å². The van der Waals surface area contributed by atoms with Crippen LogP contribution in [0.25, 0.3) is 4.85 Å². The summed E-state index contributed by atoms with van der Waals surface area (Å²) in [5.41, 5.74) is 7.15. The fourth-order valence-electron chi connectivity index (χ4n) is 2.32. The molecule has 1 aromatic heterocycles. The average Bonchev–Trinajstić information content (AvgIpc) is 2.55. The Balaban J connectivity index is 2.65. The van der Waals surface area contributed by atoms with Crippen molar-refractivity contribution in [1.82, 2.24) is 0 Å². The van der Waals surface area contributed by atoms with Gasteiger partial charge in [-0.3, -0.25) is 0 Å². The van der Waals surface area contributed by atoms with Gasteiger partial charge in [-0.25, -0.2) is 4.85 Å². The lowest BCUT2D eigenvalue weighted by molar-refractivity contribution is 0.190. The van der Waals surface area contributed by atoms with Gasteiger partial charge < -0.3 is 10.8 Å². The third-order valence-electron chi connectivity index (χ3n) is 3.18. The van der Waals surface area contributed by atoms with E-state index in [1.165, 1.54) is 16.2 Å². The van der Waals surface area contributed by atoms with Gasteiger partial charge in [0, 0.05) is 5.41 Å². The number of anilines is 1. The second kappa shape index (κ2) is 3.51. The van der Waals surface area contributed by atoms with E-state index in [0.717, 1.165) is 24.8 Å². The Morgan fingerprint density at radius 3 is 3.00 bits per heavy atom. The monoisotopic (exact) mass is 222 g/mol. The molecule has 1 aliphatic carbocycles. The summed E-state index contributed by atoms with van der Waals surface area (Å²) in [7, 11) is 0. The van der Waals surface area contributed by atoms with Crippen LogP contribution in [0.4, 0.5) is 10.7 Å². The van der Waals surface area contributed by atoms with Crippen molar-refractivity contribution < 1.29 is 5.11 Å². The molecule has 1 aliphatic rings. The molecule has 0 saturated heterocycles. The molecule has 4 heteroatoms. The zero-order valence-electron chi connectivity index (χ0n) is 8.71. The fourth-order valence-corrected chi connectivity index (χ4v) is 3.52. The van der Waals surface area contributed by atoms with Gasteiger partial charge in [0.1, 0.15) is 0 Å². The highest BCUT2D eigenvalue weighted by atomic mass is 32.1. The first-order chi connectivity index (χ1) is 7.12. The van der Waals surface area contributed by atoms with E-state index in [4.69, 9.17) is 12.3 Å². The lowest BCUT2D eigenvalue weighted by Gasteiger charge is -2.32. The number of hydrogen-bond donors (Lipinski definition) is 2. The Morgan fingerprint density at radius 1 is 1.67 bits per heavy atom. The molecule has 0 spiro atoms. The number of nitrogen functional groups attached to an aromatic ring is 1. The average molecular weight is 222 g/mol. The Morgan fingerprint density at radius 2 is 2.40 bits per heavy atom. The van der Waals surface area contributed by atoms with E-state index in [1.807, 2.05) is 6.92 Å². The van der Waals surface area contributed by atoms with Crippen LogP contribution in [-0.4, -0.2) is 11.7 Å². The minimum Gasteiger partial charge on any atom is -0.399 e. The predicted molar refractivity (Wildman–Crippen MR) is 62.4 cm³/mol. The molecule has 2 rings (SSSR count). The van der Waals surface area contributed by atoms with E-state index in [0.29, 0.717) is 10.7 Å². The molecular weight excluding hydrogens is 208 g/mol. The number of hydrogen-bond acceptors (Lipinski definition) is 3. The molecule has 3 nitrogen and oxygen atoms in total. The van der Waals surface area contributed by atoms with Crippen LogP contribution in [0.15, 0.2) is 0 Å². The highest BCUT2D eigenvalue weighted by Gasteiger charge is 2.36. The number of thiophene rings is 1. The SMILES string of the molecule is [C-]#[N+]c1c(N)sc2c1[C@@](C)(CO)CCC2. The third-order valence-corrected chi connectivity index (χ3v) is 4.25. The van der Waals surface area contributed by atoms with E-state index in [1.54, 1.807) is 0 Å². The van der Waals surface area contributed by atoms with Crippen molar-refractivity contribution in [1.29, 1.82) is 0 Å². The van der Waals surface area contributed by atoms with Gasteiger partial charge in [-0.2, -0.15) is 0 Å². The molecule has 1 aromatic rings. The molecule has 3 N–H and O–H groups in total. The Labute approximate surface area is 93.4 Å². The van der Waals surface area contributed by atoms with E-state index in [9.17, 15) is 5.11 Å². The standard InChI is InChI=1S/C11H14N2OS/c1-11(6-14)5-3-4-7-8(11)9(13-2)10(12)15-7/h14H,3-6,12H2,1H3/t11-/m1/s1. The maximum atomic E-state index is 9.49. The number of nitrogens with two attached hydrogens (primary N) is 1. The highest BCUT2D eigenvalue weighted by Crippen LogP contribution is 2.49. The molecule has 80 valence electrons. The lowest BCUT2D eigenvalue weighted by Crippen LogP contribution is -2.30. The second-order valence-electron chi connectivity index (χ2n) is 4.30. The number of aliphatic hydroxyl groups excluding tert-OH is 1. The summed E-state index contributed by atoms with van der Waals surface area (Å²) in [6.45, 7) is 9.28. The molecule has 0 fully saturated rings. The van der Waals surface area contributed by atoms with Gasteiger partial charge in [-0.05, 0) is 29.7 Å². The van der Waals surface area contributed by atoms with Gasteiger partial charge in [0.25, 0.3) is 0 Å². The van der Waals surface area contributed by atoms with Crippen LogP contribution in [0.1, 0.15) is 30.2 Å². The van der Waals surface area contributed by atoms with Crippen molar-refractivity contribution in [2.75, 3.05) is 12.3 Å². The van der Waals surface area contributed by atoms with Gasteiger partial charge in [-0.15, -0.1) is 11.3 Å². The Kier molecular flexibility index (Phi) is 2.45. The molecule has 0 saturated carbocycles. The summed E-state index contributed by atoms with van der Waals surface area (Å²) in [6.07, 6.45) is 3.01. The van der Waals surface area contributed by atoms with Crippen LogP contribution in [0, 0.1) is 6.57 Å². The van der Waals surface area contributed by atoms with E-state index >= 15 is 0 Å². The van der Waals surface area contributed by atoms with Crippen molar-refractivity contribution in [3.05, 3.63) is 21.9 Å². The molecule has 1 atom stereocenters. The number of rotatable bonds is 1. The molecule has 0 amide bonds. The summed E-state index contributed by atoms with van der Waals surface area (Å²) in [5, 5.41) is 10.1. The van der Waals surface area contributed by atoms with Gasteiger partial charge >= 0.3 is 0 Å². The zero-order chi connectivity index (χ0) is 11.1. The summed E-state index contributed by atoms with van der Waals surface area (Å²) >= 11 is 1.51. The molecular formula is C11H14N2OS. The third kappa shape index (κ3) is 1.43. The van der Waals surface area contributed by atoms with Gasteiger partial charge in [0.2, 0.25) is 5.69 Å². The van der Waals surface area contributed by atoms with Crippen molar-refractivity contribution in [3.63, 3.8) is 0 Å². The molecule has 0 aromatic carbocycles. The van der Waals surface area contributed by atoms with Crippen LogP contribution in [0.2, 0.25) is 0 Å². The first kappa shape index (κ1) is 10.5. The van der Waals surface area contributed by atoms with Gasteiger partial charge in [0.15, 0.2) is 0 Å². The number of fused-ring (bicyclic) bond motifs is 1. The van der Waals surface area contributed by atoms with Crippen LogP contribution < -0.4 is 5.73 Å². The highest BCUT2D eigenvalue weighted by molar-refractivity contribution is 7.16. The van der Waals surface area contributed by atoms with Crippen molar-refractivity contribution in [3.8, 4) is 0 Å². The first-order valence-corrected chi connectivity index (χ1v) is 5.84. The van der Waals surface area contributed by atoms with Crippen molar-refractivity contribution >= 4 is 22.0 Å². The van der Waals surface area contributed by atoms with Crippen LogP contribution >= 0.6 is 11.3 Å². The zero-order valence-corrected chi connectivity index (χ0v) is 9.52. The van der Waals surface area contributed by atoms with Gasteiger partial charge in [-0.1, -0.05) is 6.92 Å². The fraction of sp³-hybridized carbons (Fsp3) is 0.545. The lowest BCUT2D eigenvalue weighted by atomic mass is 9.74. The van der Waals surface area contributed by atoms with Crippen LogP contribution in [-0.2, 0) is 11.8 Å². The molecule has 0 aliphatic heterocycles. The van der Waals surface area contributed by atoms with Crippen molar-refractivity contribution in [2.24, 2.45) is 0 Å². The van der Waals surface area contributed by atoms with Crippen molar-refractivity contribution in [2.45, 2.75) is 31.6 Å². The largest absolute Gasteiger partial charge is 0.399 e. The summed E-state index contributed by atoms with van der Waals surface area (Å²) in [6, 6.07) is 0.